The van der Waals surface area contributed by atoms with E-state index in [-0.39, 0.29) is 11.7 Å². The number of thiophene rings is 1. The fraction of sp³-hybridized carbons (Fsp3) is 0.143. The lowest BCUT2D eigenvalue weighted by Crippen LogP contribution is -2.11. The summed E-state index contributed by atoms with van der Waals surface area (Å²) < 4.78 is 0. The molecule has 1 aliphatic carbocycles. The Balaban J connectivity index is 1.65. The average molecular weight is 383 g/mol. The smallest absolute Gasteiger partial charge is 0.345 e. The number of carbonyl (C=O) groups excluding carboxylic acids is 1. The molecular weight excluding hydrogens is 368 g/mol. The molecule has 0 spiro atoms. The Hall–Kier alpha value is -2.43. The zero-order chi connectivity index (χ0) is 18.3. The second-order valence-corrected chi connectivity index (χ2v) is 7.99. The van der Waals surface area contributed by atoms with Crippen molar-refractivity contribution in [1.82, 2.24) is 0 Å². The van der Waals surface area contributed by atoms with Gasteiger partial charge in [0, 0.05) is 21.4 Å². The molecule has 0 saturated heterocycles. The Morgan fingerprint density at radius 1 is 1.12 bits per heavy atom. The summed E-state index contributed by atoms with van der Waals surface area (Å²) in [4.78, 5) is 25.1. The number of hydrogen-bond donors (Lipinski definition) is 1. The van der Waals surface area contributed by atoms with E-state index in [2.05, 4.69) is 0 Å². The van der Waals surface area contributed by atoms with E-state index < -0.39 is 5.97 Å². The molecule has 2 aromatic carbocycles. The van der Waals surface area contributed by atoms with Crippen molar-refractivity contribution in [3.8, 4) is 11.1 Å². The van der Waals surface area contributed by atoms with Crippen LogP contribution in [0.25, 0.3) is 11.1 Å². The van der Waals surface area contributed by atoms with E-state index in [9.17, 15) is 9.59 Å². The number of carboxylic acids is 1. The molecular formula is C21H15ClO3S. The van der Waals surface area contributed by atoms with Crippen molar-refractivity contribution in [2.45, 2.75) is 12.8 Å². The van der Waals surface area contributed by atoms with Crippen LogP contribution in [-0.4, -0.2) is 16.9 Å². The van der Waals surface area contributed by atoms with Gasteiger partial charge in [-0.1, -0.05) is 41.9 Å². The molecule has 0 amide bonds. The van der Waals surface area contributed by atoms with Crippen LogP contribution in [0.4, 0.5) is 0 Å². The van der Waals surface area contributed by atoms with Crippen molar-refractivity contribution in [2.24, 2.45) is 5.92 Å². The third-order valence-electron chi connectivity index (χ3n) is 4.72. The molecule has 0 fully saturated rings. The fourth-order valence-electron chi connectivity index (χ4n) is 3.53. The monoisotopic (exact) mass is 382 g/mol. The maximum absolute atomic E-state index is 12.9. The lowest BCUT2D eigenvalue weighted by atomic mass is 9.96. The van der Waals surface area contributed by atoms with Gasteiger partial charge in [0.1, 0.15) is 4.88 Å². The van der Waals surface area contributed by atoms with Gasteiger partial charge < -0.3 is 5.11 Å². The summed E-state index contributed by atoms with van der Waals surface area (Å²) in [6.45, 7) is 0. The van der Waals surface area contributed by atoms with Gasteiger partial charge in [-0.2, -0.15) is 0 Å². The van der Waals surface area contributed by atoms with Crippen LogP contribution in [0.15, 0.2) is 54.6 Å². The Morgan fingerprint density at radius 3 is 2.62 bits per heavy atom. The van der Waals surface area contributed by atoms with Crippen LogP contribution < -0.4 is 0 Å². The number of ketones is 1. The first-order valence-electron chi connectivity index (χ1n) is 8.27. The average Bonchev–Trinajstić information content (AvgIpc) is 3.21. The number of halogens is 1. The van der Waals surface area contributed by atoms with Gasteiger partial charge in [0.05, 0.1) is 0 Å². The van der Waals surface area contributed by atoms with Crippen LogP contribution in [-0.2, 0) is 12.8 Å². The van der Waals surface area contributed by atoms with Gasteiger partial charge in [-0.05, 0) is 53.8 Å². The molecule has 0 radical (unpaired) electrons. The van der Waals surface area contributed by atoms with Crippen molar-refractivity contribution >= 4 is 34.7 Å². The van der Waals surface area contributed by atoms with Crippen molar-refractivity contribution in [2.75, 3.05) is 0 Å². The van der Waals surface area contributed by atoms with Crippen molar-refractivity contribution in [1.29, 1.82) is 0 Å². The summed E-state index contributed by atoms with van der Waals surface area (Å²) in [5, 5.41) is 9.74. The molecule has 1 aliphatic rings. The van der Waals surface area contributed by atoms with Gasteiger partial charge in [0.25, 0.3) is 0 Å². The van der Waals surface area contributed by atoms with Crippen molar-refractivity contribution in [3.05, 3.63) is 80.5 Å². The fourth-order valence-corrected chi connectivity index (χ4v) is 4.65. The van der Waals surface area contributed by atoms with Gasteiger partial charge in [0.2, 0.25) is 0 Å². The van der Waals surface area contributed by atoms with Crippen LogP contribution in [0.1, 0.15) is 30.5 Å². The zero-order valence-electron chi connectivity index (χ0n) is 13.7. The molecule has 5 heteroatoms. The second kappa shape index (κ2) is 6.71. The number of carboxylic acid groups (broad SMARTS) is 1. The van der Waals surface area contributed by atoms with E-state index in [0.717, 1.165) is 27.1 Å². The van der Waals surface area contributed by atoms with E-state index in [4.69, 9.17) is 16.7 Å². The Morgan fingerprint density at radius 2 is 1.88 bits per heavy atom. The number of hydrogen-bond acceptors (Lipinski definition) is 3. The number of Topliss-reactive ketones (excluding diaryl/α,β-unsaturated/α-hetero) is 1. The second-order valence-electron chi connectivity index (χ2n) is 6.38. The van der Waals surface area contributed by atoms with Gasteiger partial charge in [-0.25, -0.2) is 4.79 Å². The van der Waals surface area contributed by atoms with Crippen LogP contribution in [0.5, 0.6) is 0 Å². The van der Waals surface area contributed by atoms with E-state index in [1.54, 1.807) is 6.07 Å². The predicted octanol–water partition coefficient (Wildman–Crippen LogP) is 5.36. The molecule has 3 aromatic rings. The quantitative estimate of drug-likeness (QED) is 0.660. The maximum Gasteiger partial charge on any atom is 0.345 e. The molecule has 0 aliphatic heterocycles. The lowest BCUT2D eigenvalue weighted by Gasteiger charge is -2.08. The first kappa shape index (κ1) is 17.0. The first-order valence-corrected chi connectivity index (χ1v) is 9.46. The highest BCUT2D eigenvalue weighted by atomic mass is 35.5. The van der Waals surface area contributed by atoms with Crippen molar-refractivity contribution in [3.63, 3.8) is 0 Å². The summed E-state index contributed by atoms with van der Waals surface area (Å²) in [5.41, 5.74) is 3.87. The molecule has 1 heterocycles. The van der Waals surface area contributed by atoms with Crippen molar-refractivity contribution < 1.29 is 14.7 Å². The predicted molar refractivity (Wildman–Crippen MR) is 103 cm³/mol. The van der Waals surface area contributed by atoms with Gasteiger partial charge >= 0.3 is 5.97 Å². The standard InChI is InChI=1S/C21H15ClO3S/c22-14-4-1-3-12(9-14)16-5-2-6-17-18(16)11-13(20(17)23)10-15-7-8-19(26-15)21(24)25/h1-9,13H,10-11H2,(H,24,25). The molecule has 1 aromatic heterocycles. The largest absolute Gasteiger partial charge is 0.477 e. The zero-order valence-corrected chi connectivity index (χ0v) is 15.3. The number of fused-ring (bicyclic) bond motifs is 1. The number of benzene rings is 2. The molecule has 0 saturated carbocycles. The molecule has 1 atom stereocenters. The summed E-state index contributed by atoms with van der Waals surface area (Å²) in [6, 6.07) is 16.9. The van der Waals surface area contributed by atoms with E-state index in [1.165, 1.54) is 11.3 Å². The van der Waals surface area contributed by atoms with E-state index >= 15 is 0 Å². The molecule has 130 valence electrons. The topological polar surface area (TPSA) is 54.4 Å². The summed E-state index contributed by atoms with van der Waals surface area (Å²) in [5.74, 6) is -0.940. The van der Waals surface area contributed by atoms with Crippen LogP contribution in [0, 0.1) is 5.92 Å². The highest BCUT2D eigenvalue weighted by molar-refractivity contribution is 7.13. The molecule has 4 rings (SSSR count). The third kappa shape index (κ3) is 3.06. The summed E-state index contributed by atoms with van der Waals surface area (Å²) in [7, 11) is 0. The minimum Gasteiger partial charge on any atom is -0.477 e. The highest BCUT2D eigenvalue weighted by Crippen LogP contribution is 2.37. The summed E-state index contributed by atoms with van der Waals surface area (Å²) in [6.07, 6.45) is 1.23. The Bertz CT molecular complexity index is 1020. The number of aromatic carboxylic acids is 1. The molecule has 26 heavy (non-hydrogen) atoms. The molecule has 1 N–H and O–H groups in total. The highest BCUT2D eigenvalue weighted by Gasteiger charge is 2.32. The van der Waals surface area contributed by atoms with Crippen LogP contribution in [0.2, 0.25) is 5.02 Å². The lowest BCUT2D eigenvalue weighted by molar-refractivity contribution is 0.0702. The first-order chi connectivity index (χ1) is 12.5. The van der Waals surface area contributed by atoms with Crippen LogP contribution in [0.3, 0.4) is 0 Å². The summed E-state index contributed by atoms with van der Waals surface area (Å²) >= 11 is 7.37. The van der Waals surface area contributed by atoms with Gasteiger partial charge in [-0.15, -0.1) is 11.3 Å². The third-order valence-corrected chi connectivity index (χ3v) is 6.05. The van der Waals surface area contributed by atoms with Crippen LogP contribution >= 0.6 is 22.9 Å². The molecule has 0 bridgehead atoms. The minimum atomic E-state index is -0.925. The maximum atomic E-state index is 12.9. The normalized spacial score (nSPS) is 15.9. The van der Waals surface area contributed by atoms with Gasteiger partial charge in [0.15, 0.2) is 5.78 Å². The number of rotatable bonds is 4. The minimum absolute atomic E-state index is 0.133. The Labute approximate surface area is 159 Å². The number of carbonyl (C=O) groups is 2. The Kier molecular flexibility index (Phi) is 4.39. The molecule has 3 nitrogen and oxygen atoms in total. The SMILES string of the molecule is O=C(O)c1ccc(CC2Cc3c(cccc3-c3cccc(Cl)c3)C2=O)s1. The molecule has 1 unspecified atom stereocenters. The van der Waals surface area contributed by atoms with E-state index in [0.29, 0.717) is 22.7 Å². The van der Waals surface area contributed by atoms with E-state index in [1.807, 2.05) is 48.5 Å². The van der Waals surface area contributed by atoms with Gasteiger partial charge in [-0.3, -0.25) is 4.79 Å².